The molecule has 1 aliphatic rings. The second-order valence-electron chi connectivity index (χ2n) is 9.50. The number of halogens is 3. The van der Waals surface area contributed by atoms with Gasteiger partial charge in [-0.3, -0.25) is 4.68 Å². The molecule has 15 heteroatoms. The Balaban J connectivity index is 1.69. The highest BCUT2D eigenvalue weighted by molar-refractivity contribution is 7.88. The summed E-state index contributed by atoms with van der Waals surface area (Å²) < 4.78 is 75.1. The van der Waals surface area contributed by atoms with Crippen LogP contribution in [-0.2, 0) is 14.9 Å². The molecule has 37 heavy (non-hydrogen) atoms. The van der Waals surface area contributed by atoms with Crippen molar-refractivity contribution in [2.75, 3.05) is 13.1 Å². The molecule has 3 aromatic rings. The second-order valence-corrected chi connectivity index (χ2v) is 11.0. The van der Waals surface area contributed by atoms with E-state index in [1.165, 1.54) is 12.4 Å². The van der Waals surface area contributed by atoms with Gasteiger partial charge in [0.2, 0.25) is 0 Å². The molecule has 0 N–H and O–H groups in total. The number of carbonyl (C=O) groups is 1. The number of carbonyl (C=O) groups excluding carboxylic acids is 1. The van der Waals surface area contributed by atoms with Crippen molar-refractivity contribution in [3.63, 3.8) is 0 Å². The van der Waals surface area contributed by atoms with Crippen LogP contribution in [0, 0.1) is 18.3 Å². The van der Waals surface area contributed by atoms with E-state index in [-0.39, 0.29) is 22.7 Å². The highest BCUT2D eigenvalue weighted by Gasteiger charge is 2.49. The maximum atomic E-state index is 13.0. The zero-order chi connectivity index (χ0) is 27.3. The minimum atomic E-state index is -6.01. The average Bonchev–Trinajstić information content (AvgIpc) is 3.49. The molecule has 1 unspecified atom stereocenters. The molecule has 0 bridgehead atoms. The predicted molar refractivity (Wildman–Crippen MR) is 123 cm³/mol. The topological polar surface area (TPSA) is 132 Å². The van der Waals surface area contributed by atoms with Crippen LogP contribution >= 0.6 is 0 Å². The average molecular weight is 541 g/mol. The number of nitriles is 1. The number of hydrogen-bond donors (Lipinski definition) is 0. The van der Waals surface area contributed by atoms with Gasteiger partial charge in [0, 0.05) is 36.1 Å². The van der Waals surface area contributed by atoms with E-state index in [0.29, 0.717) is 30.8 Å². The van der Waals surface area contributed by atoms with Gasteiger partial charge in [0.05, 0.1) is 18.4 Å². The second kappa shape index (κ2) is 8.94. The summed E-state index contributed by atoms with van der Waals surface area (Å²) in [4.78, 5) is 14.0. The number of pyridine rings is 1. The zero-order valence-electron chi connectivity index (χ0n) is 20.3. The van der Waals surface area contributed by atoms with Gasteiger partial charge in [-0.25, -0.2) is 9.31 Å². The Morgan fingerprint density at radius 1 is 1.22 bits per heavy atom. The largest absolute Gasteiger partial charge is 0.534 e. The minimum absolute atomic E-state index is 0.167. The third kappa shape index (κ3) is 5.06. The van der Waals surface area contributed by atoms with E-state index in [2.05, 4.69) is 14.4 Å². The van der Waals surface area contributed by atoms with Gasteiger partial charge in [-0.15, -0.1) is 0 Å². The molecule has 4 rings (SSSR count). The molecule has 0 spiro atoms. The van der Waals surface area contributed by atoms with Gasteiger partial charge in [-0.2, -0.15) is 37.0 Å². The first-order valence-electron chi connectivity index (χ1n) is 11.1. The lowest BCUT2D eigenvalue weighted by molar-refractivity contribution is -0.0499. The quantitative estimate of drug-likeness (QED) is 0.361. The van der Waals surface area contributed by atoms with Crippen molar-refractivity contribution < 1.29 is 35.3 Å². The number of alkyl halides is 3. The van der Waals surface area contributed by atoms with Crippen molar-refractivity contribution in [2.45, 2.75) is 51.3 Å². The van der Waals surface area contributed by atoms with E-state index in [1.54, 1.807) is 43.3 Å². The lowest BCUT2D eigenvalue weighted by atomic mass is 10.1. The highest BCUT2D eigenvalue weighted by atomic mass is 32.2. The van der Waals surface area contributed by atoms with E-state index in [0.717, 1.165) is 16.8 Å². The Hall–Kier alpha value is -3.80. The van der Waals surface area contributed by atoms with Crippen LogP contribution in [0.3, 0.4) is 0 Å². The normalized spacial score (nSPS) is 16.7. The standard InChI is InChI=1S/C22H23F3N6O5S/c1-13-17(10-28-31(13)16-5-6-29(12-16)20(32)35-21(2,3)4)14-7-18(36-37(33,34)22(23,24)25)19-15(8-26)9-27-30(19)11-14/h7,9-11,16H,5-6,12H2,1-4H3. The van der Waals surface area contributed by atoms with Crippen LogP contribution in [0.15, 0.2) is 24.7 Å². The van der Waals surface area contributed by atoms with E-state index < -0.39 is 33.1 Å². The van der Waals surface area contributed by atoms with E-state index in [1.807, 2.05) is 0 Å². The molecule has 0 aliphatic carbocycles. The summed E-state index contributed by atoms with van der Waals surface area (Å²) in [6, 6.07) is 2.67. The molecule has 1 aliphatic heterocycles. The number of fused-ring (bicyclic) bond motifs is 1. The SMILES string of the molecule is Cc1c(-c2cc(OS(=O)(=O)C(F)(F)F)c3c(C#N)cnn3c2)cnn1C1CCN(C(=O)OC(C)(C)C)C1. The van der Waals surface area contributed by atoms with Crippen molar-refractivity contribution in [3.05, 3.63) is 35.9 Å². The van der Waals surface area contributed by atoms with Crippen molar-refractivity contribution in [2.24, 2.45) is 0 Å². The molecule has 11 nitrogen and oxygen atoms in total. The van der Waals surface area contributed by atoms with Gasteiger partial charge in [-0.1, -0.05) is 0 Å². The molecule has 3 aromatic heterocycles. The smallest absolute Gasteiger partial charge is 0.444 e. The molecule has 1 fully saturated rings. The molecule has 0 aromatic carbocycles. The zero-order valence-corrected chi connectivity index (χ0v) is 21.1. The Morgan fingerprint density at radius 2 is 1.92 bits per heavy atom. The summed E-state index contributed by atoms with van der Waals surface area (Å²) in [6.45, 7) is 7.86. The lowest BCUT2D eigenvalue weighted by Crippen LogP contribution is -2.35. The molecule has 198 valence electrons. The maximum absolute atomic E-state index is 13.0. The Labute approximate surface area is 210 Å². The van der Waals surface area contributed by atoms with Crippen molar-refractivity contribution in [3.8, 4) is 22.9 Å². The van der Waals surface area contributed by atoms with Crippen LogP contribution in [0.25, 0.3) is 16.6 Å². The van der Waals surface area contributed by atoms with E-state index in [9.17, 15) is 31.6 Å². The van der Waals surface area contributed by atoms with Gasteiger partial charge < -0.3 is 13.8 Å². The number of rotatable bonds is 4. The van der Waals surface area contributed by atoms with Crippen LogP contribution < -0.4 is 4.18 Å². The summed E-state index contributed by atoms with van der Waals surface area (Å²) in [6.07, 6.45) is 4.16. The Morgan fingerprint density at radius 3 is 2.54 bits per heavy atom. The number of hydrogen-bond acceptors (Lipinski definition) is 8. The highest BCUT2D eigenvalue weighted by Crippen LogP contribution is 2.36. The molecule has 0 radical (unpaired) electrons. The summed E-state index contributed by atoms with van der Waals surface area (Å²) in [7, 11) is -6.01. The molecule has 0 saturated carbocycles. The number of ether oxygens (including phenoxy) is 1. The van der Waals surface area contributed by atoms with Crippen molar-refractivity contribution in [1.82, 2.24) is 24.3 Å². The van der Waals surface area contributed by atoms with Gasteiger partial charge >= 0.3 is 21.7 Å². The van der Waals surface area contributed by atoms with Gasteiger partial charge in [-0.05, 0) is 40.2 Å². The number of likely N-dealkylation sites (tertiary alicyclic amines) is 1. The third-order valence-electron chi connectivity index (χ3n) is 5.70. The van der Waals surface area contributed by atoms with Crippen molar-refractivity contribution in [1.29, 1.82) is 5.26 Å². The van der Waals surface area contributed by atoms with Crippen molar-refractivity contribution >= 4 is 21.7 Å². The van der Waals surface area contributed by atoms with Crippen LogP contribution in [0.1, 0.15) is 44.5 Å². The fraction of sp³-hybridized carbons (Fsp3) is 0.455. The molecular weight excluding hydrogens is 517 g/mol. The summed E-state index contributed by atoms with van der Waals surface area (Å²) >= 11 is 0. The minimum Gasteiger partial charge on any atom is -0.444 e. The van der Waals surface area contributed by atoms with E-state index >= 15 is 0 Å². The molecular formula is C22H23F3N6O5S. The molecule has 1 atom stereocenters. The van der Waals surface area contributed by atoms with Gasteiger partial charge in [0.1, 0.15) is 22.8 Å². The summed E-state index contributed by atoms with van der Waals surface area (Å²) in [5.41, 5.74) is -5.35. The van der Waals surface area contributed by atoms with E-state index in [4.69, 9.17) is 4.74 Å². The summed E-state index contributed by atoms with van der Waals surface area (Å²) in [5.74, 6) is -0.701. The fourth-order valence-corrected chi connectivity index (χ4v) is 4.51. The molecule has 1 saturated heterocycles. The number of nitrogens with zero attached hydrogens (tertiary/aromatic N) is 6. The van der Waals surface area contributed by atoms with Crippen LogP contribution in [0.5, 0.6) is 5.75 Å². The van der Waals surface area contributed by atoms with Gasteiger partial charge in [0.25, 0.3) is 0 Å². The lowest BCUT2D eigenvalue weighted by Gasteiger charge is -2.24. The first-order chi connectivity index (χ1) is 17.1. The first-order valence-corrected chi connectivity index (χ1v) is 12.5. The van der Waals surface area contributed by atoms with Crippen LogP contribution in [0.4, 0.5) is 18.0 Å². The number of amides is 1. The first kappa shape index (κ1) is 26.3. The Kier molecular flexibility index (Phi) is 6.35. The molecule has 4 heterocycles. The van der Waals surface area contributed by atoms with Crippen LogP contribution in [-0.4, -0.2) is 63.0 Å². The Bertz CT molecular complexity index is 1510. The number of aromatic nitrogens is 4. The van der Waals surface area contributed by atoms with Crippen LogP contribution in [0.2, 0.25) is 0 Å². The molecule has 1 amide bonds. The monoisotopic (exact) mass is 540 g/mol. The summed E-state index contributed by atoms with van der Waals surface area (Å²) in [5, 5.41) is 17.7. The third-order valence-corrected chi connectivity index (χ3v) is 6.66. The fourth-order valence-electron chi connectivity index (χ4n) is 4.05. The van der Waals surface area contributed by atoms with Gasteiger partial charge in [0.15, 0.2) is 5.75 Å². The predicted octanol–water partition coefficient (Wildman–Crippen LogP) is 3.79. The maximum Gasteiger partial charge on any atom is 0.534 e.